The predicted molar refractivity (Wildman–Crippen MR) is 65.2 cm³/mol. The van der Waals surface area contributed by atoms with Gasteiger partial charge in [0.2, 0.25) is 0 Å². The Morgan fingerprint density at radius 1 is 1.53 bits per heavy atom. The summed E-state index contributed by atoms with van der Waals surface area (Å²) in [5, 5.41) is 3.14. The van der Waals surface area contributed by atoms with Crippen LogP contribution in [0.3, 0.4) is 0 Å². The number of aromatic amines is 1. The Hall–Kier alpha value is -1.62. The third-order valence-corrected chi connectivity index (χ3v) is 3.17. The standard InChI is InChI=1S/C12H17N3O2/c1-8-3-4-10(11(16)14-8)12(17)15-6-5-9(7-15)13-2/h3-4,9,13H,5-7H2,1-2H3,(H,14,16). The number of likely N-dealkylation sites (tertiary alicyclic amines) is 1. The topological polar surface area (TPSA) is 65.2 Å². The summed E-state index contributed by atoms with van der Waals surface area (Å²) in [6.45, 7) is 3.17. The molecule has 0 bridgehead atoms. The number of likely N-dealkylation sites (N-methyl/N-ethyl adjacent to an activating group) is 1. The summed E-state index contributed by atoms with van der Waals surface area (Å²) in [7, 11) is 1.89. The number of carbonyl (C=O) groups excluding carboxylic acids is 1. The van der Waals surface area contributed by atoms with Crippen LogP contribution >= 0.6 is 0 Å². The molecule has 0 saturated carbocycles. The molecule has 0 aromatic carbocycles. The van der Waals surface area contributed by atoms with Gasteiger partial charge in [0.15, 0.2) is 0 Å². The first-order valence-electron chi connectivity index (χ1n) is 5.78. The third kappa shape index (κ3) is 2.39. The Bertz CT molecular complexity index is 481. The van der Waals surface area contributed by atoms with Crippen molar-refractivity contribution >= 4 is 5.91 Å². The smallest absolute Gasteiger partial charge is 0.260 e. The van der Waals surface area contributed by atoms with Crippen molar-refractivity contribution in [2.75, 3.05) is 20.1 Å². The summed E-state index contributed by atoms with van der Waals surface area (Å²) in [5.41, 5.74) is 0.691. The van der Waals surface area contributed by atoms with Gasteiger partial charge in [0.25, 0.3) is 11.5 Å². The molecule has 92 valence electrons. The van der Waals surface area contributed by atoms with Crippen molar-refractivity contribution in [1.82, 2.24) is 15.2 Å². The van der Waals surface area contributed by atoms with Crippen LogP contribution in [0.1, 0.15) is 22.5 Å². The van der Waals surface area contributed by atoms with Crippen molar-refractivity contribution in [3.63, 3.8) is 0 Å². The summed E-state index contributed by atoms with van der Waals surface area (Å²) in [6, 6.07) is 3.69. The number of aryl methyl sites for hydroxylation is 1. The molecule has 1 fully saturated rings. The molecule has 2 heterocycles. The highest BCUT2D eigenvalue weighted by Crippen LogP contribution is 2.11. The van der Waals surface area contributed by atoms with Crippen molar-refractivity contribution in [3.8, 4) is 0 Å². The minimum absolute atomic E-state index is 0.177. The van der Waals surface area contributed by atoms with Gasteiger partial charge in [-0.05, 0) is 32.5 Å². The monoisotopic (exact) mass is 235 g/mol. The molecule has 0 spiro atoms. The van der Waals surface area contributed by atoms with Gasteiger partial charge in [-0.2, -0.15) is 0 Å². The fraction of sp³-hybridized carbons (Fsp3) is 0.500. The number of amides is 1. The van der Waals surface area contributed by atoms with Gasteiger partial charge in [0.1, 0.15) is 5.56 Å². The lowest BCUT2D eigenvalue weighted by atomic mass is 10.2. The van der Waals surface area contributed by atoms with Crippen LogP contribution in [-0.2, 0) is 0 Å². The lowest BCUT2D eigenvalue weighted by molar-refractivity contribution is 0.0788. The minimum atomic E-state index is -0.303. The molecule has 1 aliphatic heterocycles. The van der Waals surface area contributed by atoms with E-state index < -0.39 is 0 Å². The number of pyridine rings is 1. The Morgan fingerprint density at radius 3 is 2.88 bits per heavy atom. The predicted octanol–water partition coefficient (Wildman–Crippen LogP) is 0.117. The first-order chi connectivity index (χ1) is 8.11. The maximum Gasteiger partial charge on any atom is 0.260 e. The number of hydrogen-bond donors (Lipinski definition) is 2. The zero-order chi connectivity index (χ0) is 12.4. The fourth-order valence-corrected chi connectivity index (χ4v) is 2.09. The number of carbonyl (C=O) groups is 1. The third-order valence-electron chi connectivity index (χ3n) is 3.17. The molecule has 1 saturated heterocycles. The van der Waals surface area contributed by atoms with Crippen LogP contribution in [0.2, 0.25) is 0 Å². The molecule has 1 aliphatic rings. The van der Waals surface area contributed by atoms with E-state index >= 15 is 0 Å². The van der Waals surface area contributed by atoms with E-state index in [4.69, 9.17) is 0 Å². The molecule has 2 rings (SSSR count). The highest BCUT2D eigenvalue weighted by Gasteiger charge is 2.27. The number of rotatable bonds is 2. The maximum absolute atomic E-state index is 12.1. The minimum Gasteiger partial charge on any atom is -0.337 e. The largest absolute Gasteiger partial charge is 0.337 e. The van der Waals surface area contributed by atoms with Gasteiger partial charge in [0, 0.05) is 24.8 Å². The molecule has 1 unspecified atom stereocenters. The second kappa shape index (κ2) is 4.71. The lowest BCUT2D eigenvalue weighted by Crippen LogP contribution is -2.36. The van der Waals surface area contributed by atoms with Gasteiger partial charge in [-0.25, -0.2) is 0 Å². The number of nitrogens with one attached hydrogen (secondary N) is 2. The quantitative estimate of drug-likeness (QED) is 0.765. The molecule has 5 nitrogen and oxygen atoms in total. The molecule has 17 heavy (non-hydrogen) atoms. The average Bonchev–Trinajstić information content (AvgIpc) is 2.76. The van der Waals surface area contributed by atoms with Crippen molar-refractivity contribution < 1.29 is 4.79 Å². The molecule has 1 amide bonds. The maximum atomic E-state index is 12.1. The van der Waals surface area contributed by atoms with Crippen LogP contribution in [0.5, 0.6) is 0 Å². The number of H-pyrrole nitrogens is 1. The van der Waals surface area contributed by atoms with E-state index in [2.05, 4.69) is 10.3 Å². The van der Waals surface area contributed by atoms with Crippen LogP contribution in [0, 0.1) is 6.92 Å². The molecule has 0 radical (unpaired) electrons. The van der Waals surface area contributed by atoms with Crippen LogP contribution in [0.25, 0.3) is 0 Å². The summed E-state index contributed by atoms with van der Waals surface area (Å²) >= 11 is 0. The van der Waals surface area contributed by atoms with Crippen LogP contribution < -0.4 is 10.9 Å². The zero-order valence-corrected chi connectivity index (χ0v) is 10.1. The second-order valence-corrected chi connectivity index (χ2v) is 4.41. The molecule has 5 heteroatoms. The van der Waals surface area contributed by atoms with Crippen molar-refractivity contribution in [1.29, 1.82) is 0 Å². The summed E-state index contributed by atoms with van der Waals surface area (Å²) in [6.07, 6.45) is 0.937. The summed E-state index contributed by atoms with van der Waals surface area (Å²) in [5.74, 6) is -0.177. The summed E-state index contributed by atoms with van der Waals surface area (Å²) in [4.78, 5) is 28.2. The van der Waals surface area contributed by atoms with E-state index in [9.17, 15) is 9.59 Å². The Balaban J connectivity index is 2.18. The SMILES string of the molecule is CNC1CCN(C(=O)c2ccc(C)[nH]c2=O)C1. The average molecular weight is 235 g/mol. The molecule has 1 atom stereocenters. The van der Waals surface area contributed by atoms with Gasteiger partial charge in [0.05, 0.1) is 0 Å². The van der Waals surface area contributed by atoms with Gasteiger partial charge < -0.3 is 15.2 Å². The van der Waals surface area contributed by atoms with E-state index in [0.29, 0.717) is 19.1 Å². The zero-order valence-electron chi connectivity index (χ0n) is 10.1. The Labute approximate surface area is 99.8 Å². The van der Waals surface area contributed by atoms with Gasteiger partial charge in [-0.1, -0.05) is 0 Å². The van der Waals surface area contributed by atoms with Crippen LogP contribution in [0.15, 0.2) is 16.9 Å². The highest BCUT2D eigenvalue weighted by atomic mass is 16.2. The Morgan fingerprint density at radius 2 is 2.29 bits per heavy atom. The Kier molecular flexibility index (Phi) is 3.28. The van der Waals surface area contributed by atoms with Gasteiger partial charge in [-0.3, -0.25) is 9.59 Å². The van der Waals surface area contributed by atoms with E-state index in [0.717, 1.165) is 12.1 Å². The molecule has 2 N–H and O–H groups in total. The van der Waals surface area contributed by atoms with Gasteiger partial charge in [-0.15, -0.1) is 0 Å². The van der Waals surface area contributed by atoms with Gasteiger partial charge >= 0.3 is 0 Å². The normalized spacial score (nSPS) is 19.6. The van der Waals surface area contributed by atoms with Crippen molar-refractivity contribution in [2.45, 2.75) is 19.4 Å². The fourth-order valence-electron chi connectivity index (χ4n) is 2.09. The van der Waals surface area contributed by atoms with Crippen molar-refractivity contribution in [2.24, 2.45) is 0 Å². The number of hydrogen-bond acceptors (Lipinski definition) is 3. The van der Waals surface area contributed by atoms with Crippen molar-refractivity contribution in [3.05, 3.63) is 33.7 Å². The van der Waals surface area contributed by atoms with E-state index in [-0.39, 0.29) is 17.0 Å². The molecule has 0 aliphatic carbocycles. The first kappa shape index (κ1) is 11.9. The molecule has 1 aromatic rings. The van der Waals surface area contributed by atoms with Crippen LogP contribution in [-0.4, -0.2) is 42.0 Å². The highest BCUT2D eigenvalue weighted by molar-refractivity contribution is 5.94. The molecular weight excluding hydrogens is 218 g/mol. The number of aromatic nitrogens is 1. The van der Waals surface area contributed by atoms with E-state index in [1.54, 1.807) is 24.0 Å². The number of nitrogens with zero attached hydrogens (tertiary/aromatic N) is 1. The summed E-state index contributed by atoms with van der Waals surface area (Å²) < 4.78 is 0. The lowest BCUT2D eigenvalue weighted by Gasteiger charge is -2.15. The molecular formula is C12H17N3O2. The first-order valence-corrected chi connectivity index (χ1v) is 5.78. The molecule has 1 aromatic heterocycles. The van der Waals surface area contributed by atoms with E-state index in [1.807, 2.05) is 7.05 Å². The second-order valence-electron chi connectivity index (χ2n) is 4.41. The van der Waals surface area contributed by atoms with Crippen LogP contribution in [0.4, 0.5) is 0 Å². The van der Waals surface area contributed by atoms with E-state index in [1.165, 1.54) is 0 Å².